The molecule has 0 spiro atoms. The summed E-state index contributed by atoms with van der Waals surface area (Å²) in [6.45, 7) is 3.89. The van der Waals surface area contributed by atoms with Gasteiger partial charge in [0.1, 0.15) is 0 Å². The number of carbonyl (C=O) groups excluding carboxylic acids is 1. The highest BCUT2D eigenvalue weighted by Crippen LogP contribution is 2.22. The molecule has 106 valence electrons. The van der Waals surface area contributed by atoms with E-state index in [1.807, 2.05) is 13.8 Å². The van der Waals surface area contributed by atoms with Crippen molar-refractivity contribution in [1.29, 1.82) is 0 Å². The molecular formula is C12H15Cl2NO3S. The molecule has 0 heterocycles. The molecule has 0 aliphatic heterocycles. The molecule has 0 bridgehead atoms. The minimum atomic E-state index is -3.91. The van der Waals surface area contributed by atoms with Crippen molar-refractivity contribution in [3.05, 3.63) is 28.8 Å². The molecule has 1 atom stereocenters. The summed E-state index contributed by atoms with van der Waals surface area (Å²) in [6.07, 6.45) is 1.78. The molecule has 0 fully saturated rings. The fraction of sp³-hybridized carbons (Fsp3) is 0.417. The average Bonchev–Trinajstić information content (AvgIpc) is 2.27. The van der Waals surface area contributed by atoms with Gasteiger partial charge in [0.15, 0.2) is 0 Å². The van der Waals surface area contributed by atoms with Crippen LogP contribution in [0.25, 0.3) is 0 Å². The van der Waals surface area contributed by atoms with Gasteiger partial charge in [0.25, 0.3) is 15.0 Å². The predicted molar refractivity (Wildman–Crippen MR) is 76.3 cm³/mol. The molecule has 0 saturated carbocycles. The fourth-order valence-corrected chi connectivity index (χ4v) is 2.75. The molecule has 0 aliphatic carbocycles. The van der Waals surface area contributed by atoms with Crippen LogP contribution in [0.1, 0.15) is 37.0 Å². The standard InChI is InChI=1S/C12H15Cl2NO3S/c1-3-4-8(2)15-12(16)9-5-10(13)7-11(6-9)19(14,17)18/h5-8H,3-4H2,1-2H3,(H,15,16). The number of amides is 1. The maximum absolute atomic E-state index is 12.0. The molecule has 1 unspecified atom stereocenters. The van der Waals surface area contributed by atoms with Crippen LogP contribution in [0.15, 0.2) is 23.1 Å². The minimum Gasteiger partial charge on any atom is -0.350 e. The van der Waals surface area contributed by atoms with Gasteiger partial charge in [-0.05, 0) is 31.5 Å². The first-order valence-electron chi connectivity index (χ1n) is 5.80. The second kappa shape index (κ2) is 6.59. The van der Waals surface area contributed by atoms with Gasteiger partial charge in [-0.25, -0.2) is 8.42 Å². The Morgan fingerprint density at radius 2 is 2.00 bits per heavy atom. The van der Waals surface area contributed by atoms with Gasteiger partial charge in [-0.2, -0.15) is 0 Å². The van der Waals surface area contributed by atoms with Crippen LogP contribution in [-0.2, 0) is 9.05 Å². The third-order valence-corrected chi connectivity index (χ3v) is 4.07. The Kier molecular flexibility index (Phi) is 5.64. The van der Waals surface area contributed by atoms with Gasteiger partial charge in [0.05, 0.1) is 4.90 Å². The Labute approximate surface area is 122 Å². The normalized spacial score (nSPS) is 13.1. The number of rotatable bonds is 5. The van der Waals surface area contributed by atoms with Crippen molar-refractivity contribution >= 4 is 37.2 Å². The van der Waals surface area contributed by atoms with E-state index in [1.165, 1.54) is 18.2 Å². The van der Waals surface area contributed by atoms with Crippen molar-refractivity contribution in [2.75, 3.05) is 0 Å². The summed E-state index contributed by atoms with van der Waals surface area (Å²) in [5.41, 5.74) is 0.176. The molecule has 1 N–H and O–H groups in total. The zero-order valence-electron chi connectivity index (χ0n) is 10.6. The second-order valence-corrected chi connectivity index (χ2v) is 7.28. The molecule has 0 aliphatic rings. The van der Waals surface area contributed by atoms with Crippen LogP contribution >= 0.6 is 22.3 Å². The number of nitrogens with one attached hydrogen (secondary N) is 1. The van der Waals surface area contributed by atoms with E-state index < -0.39 is 9.05 Å². The van der Waals surface area contributed by atoms with Crippen molar-refractivity contribution in [2.24, 2.45) is 0 Å². The predicted octanol–water partition coefficient (Wildman–Crippen LogP) is 3.19. The third-order valence-electron chi connectivity index (χ3n) is 2.51. The lowest BCUT2D eigenvalue weighted by Crippen LogP contribution is -2.32. The first kappa shape index (κ1) is 16.3. The molecular weight excluding hydrogens is 309 g/mol. The van der Waals surface area contributed by atoms with Crippen molar-refractivity contribution < 1.29 is 13.2 Å². The largest absolute Gasteiger partial charge is 0.350 e. The van der Waals surface area contributed by atoms with Crippen LogP contribution in [0.4, 0.5) is 0 Å². The number of carbonyl (C=O) groups is 1. The number of halogens is 2. The zero-order chi connectivity index (χ0) is 14.6. The van der Waals surface area contributed by atoms with E-state index in [9.17, 15) is 13.2 Å². The summed E-state index contributed by atoms with van der Waals surface area (Å²) in [4.78, 5) is 11.8. The summed E-state index contributed by atoms with van der Waals surface area (Å²) >= 11 is 5.79. The first-order chi connectivity index (χ1) is 8.74. The SMILES string of the molecule is CCCC(C)NC(=O)c1cc(Cl)cc(S(=O)(=O)Cl)c1. The highest BCUT2D eigenvalue weighted by atomic mass is 35.7. The molecule has 4 nitrogen and oxygen atoms in total. The Morgan fingerprint density at radius 1 is 1.37 bits per heavy atom. The highest BCUT2D eigenvalue weighted by Gasteiger charge is 2.16. The van der Waals surface area contributed by atoms with E-state index >= 15 is 0 Å². The first-order valence-corrected chi connectivity index (χ1v) is 8.49. The van der Waals surface area contributed by atoms with Crippen LogP contribution in [0.2, 0.25) is 5.02 Å². The Hall–Kier alpha value is -0.780. The molecule has 1 rings (SSSR count). The van der Waals surface area contributed by atoms with Gasteiger partial charge < -0.3 is 5.32 Å². The van der Waals surface area contributed by atoms with Crippen molar-refractivity contribution in [1.82, 2.24) is 5.32 Å². The molecule has 0 radical (unpaired) electrons. The molecule has 0 saturated heterocycles. The molecule has 1 amide bonds. The summed E-state index contributed by atoms with van der Waals surface area (Å²) < 4.78 is 22.5. The molecule has 19 heavy (non-hydrogen) atoms. The van der Waals surface area contributed by atoms with Crippen LogP contribution in [-0.4, -0.2) is 20.4 Å². The Balaban J connectivity index is 3.01. The average molecular weight is 324 g/mol. The van der Waals surface area contributed by atoms with Crippen LogP contribution in [0.5, 0.6) is 0 Å². The highest BCUT2D eigenvalue weighted by molar-refractivity contribution is 8.13. The van der Waals surface area contributed by atoms with Gasteiger partial charge in [0.2, 0.25) is 0 Å². The summed E-state index contributed by atoms with van der Waals surface area (Å²) in [6, 6.07) is 3.83. The van der Waals surface area contributed by atoms with E-state index in [1.54, 1.807) is 0 Å². The molecule has 0 aromatic heterocycles. The van der Waals surface area contributed by atoms with E-state index in [0.29, 0.717) is 0 Å². The summed E-state index contributed by atoms with van der Waals surface area (Å²) in [5, 5.41) is 2.92. The maximum atomic E-state index is 12.0. The van der Waals surface area contributed by atoms with Crippen molar-refractivity contribution in [3.8, 4) is 0 Å². The topological polar surface area (TPSA) is 63.2 Å². The van der Waals surface area contributed by atoms with Gasteiger partial charge in [-0.15, -0.1) is 0 Å². The summed E-state index contributed by atoms with van der Waals surface area (Å²) in [7, 11) is 1.33. The van der Waals surface area contributed by atoms with E-state index in [4.69, 9.17) is 22.3 Å². The van der Waals surface area contributed by atoms with E-state index in [-0.39, 0.29) is 27.4 Å². The van der Waals surface area contributed by atoms with Crippen LogP contribution < -0.4 is 5.32 Å². The monoisotopic (exact) mass is 323 g/mol. The number of hydrogen-bond acceptors (Lipinski definition) is 3. The Morgan fingerprint density at radius 3 is 2.53 bits per heavy atom. The smallest absolute Gasteiger partial charge is 0.261 e. The quantitative estimate of drug-likeness (QED) is 0.846. The lowest BCUT2D eigenvalue weighted by atomic mass is 10.1. The van der Waals surface area contributed by atoms with Crippen molar-refractivity contribution in [3.63, 3.8) is 0 Å². The van der Waals surface area contributed by atoms with Crippen molar-refractivity contribution in [2.45, 2.75) is 37.6 Å². The fourth-order valence-electron chi connectivity index (χ4n) is 1.65. The lowest BCUT2D eigenvalue weighted by Gasteiger charge is -2.13. The molecule has 1 aromatic rings. The van der Waals surface area contributed by atoms with Gasteiger partial charge in [0, 0.05) is 27.3 Å². The molecule has 1 aromatic carbocycles. The minimum absolute atomic E-state index is 0.00698. The van der Waals surface area contributed by atoms with Gasteiger partial charge in [-0.3, -0.25) is 4.79 Å². The maximum Gasteiger partial charge on any atom is 0.261 e. The second-order valence-electron chi connectivity index (χ2n) is 4.28. The Bertz CT molecular complexity index is 572. The number of benzene rings is 1. The molecule has 7 heteroatoms. The van der Waals surface area contributed by atoms with Crippen LogP contribution in [0, 0.1) is 0 Å². The van der Waals surface area contributed by atoms with Gasteiger partial charge in [-0.1, -0.05) is 24.9 Å². The lowest BCUT2D eigenvalue weighted by molar-refractivity contribution is 0.0938. The third kappa shape index (κ3) is 5.01. The summed E-state index contributed by atoms with van der Waals surface area (Å²) in [5.74, 6) is -0.370. The zero-order valence-corrected chi connectivity index (χ0v) is 12.9. The van der Waals surface area contributed by atoms with E-state index in [0.717, 1.165) is 12.8 Å². The number of hydrogen-bond donors (Lipinski definition) is 1. The van der Waals surface area contributed by atoms with E-state index in [2.05, 4.69) is 5.32 Å². The van der Waals surface area contributed by atoms with Gasteiger partial charge >= 0.3 is 0 Å². The van der Waals surface area contributed by atoms with Crippen LogP contribution in [0.3, 0.4) is 0 Å².